The first-order valence-electron chi connectivity index (χ1n) is 9.62. The third-order valence-electron chi connectivity index (χ3n) is 6.22. The zero-order valence-electron chi connectivity index (χ0n) is 16.1. The molecule has 0 N–H and O–H groups in total. The lowest BCUT2D eigenvalue weighted by molar-refractivity contribution is -0.124. The number of imidazole rings is 1. The number of likely N-dealkylation sites (N-methyl/N-ethyl adjacent to an activating group) is 1. The third kappa shape index (κ3) is 2.30. The van der Waals surface area contributed by atoms with Crippen LogP contribution in [0.25, 0.3) is 5.65 Å². The largest absolute Gasteiger partial charge is 0.337 e. The third-order valence-corrected chi connectivity index (χ3v) is 6.22. The van der Waals surface area contributed by atoms with Crippen molar-refractivity contribution in [3.8, 4) is 0 Å². The van der Waals surface area contributed by atoms with E-state index < -0.39 is 5.41 Å². The summed E-state index contributed by atoms with van der Waals surface area (Å²) in [4.78, 5) is 34.1. The summed E-state index contributed by atoms with van der Waals surface area (Å²) >= 11 is 0. The van der Waals surface area contributed by atoms with Gasteiger partial charge in [0.05, 0.1) is 5.41 Å². The van der Waals surface area contributed by atoms with E-state index in [4.69, 9.17) is 0 Å². The summed E-state index contributed by atoms with van der Waals surface area (Å²) < 4.78 is 1.89. The number of carbonyl (C=O) groups excluding carboxylic acids is 2. The fraction of sp³-hybridized carbons (Fsp3) is 0.318. The van der Waals surface area contributed by atoms with Crippen LogP contribution >= 0.6 is 0 Å². The van der Waals surface area contributed by atoms with E-state index >= 15 is 0 Å². The molecule has 2 aliphatic heterocycles. The van der Waals surface area contributed by atoms with E-state index in [-0.39, 0.29) is 11.8 Å². The van der Waals surface area contributed by atoms with E-state index in [9.17, 15) is 9.59 Å². The monoisotopic (exact) mass is 374 g/mol. The number of carbonyl (C=O) groups is 2. The normalized spacial score (nSPS) is 18.1. The van der Waals surface area contributed by atoms with E-state index in [0.29, 0.717) is 31.6 Å². The van der Waals surface area contributed by atoms with Crippen LogP contribution in [0.5, 0.6) is 0 Å². The van der Waals surface area contributed by atoms with Gasteiger partial charge in [0.15, 0.2) is 0 Å². The number of aryl methyl sites for hydroxylation is 1. The van der Waals surface area contributed by atoms with Crippen LogP contribution in [0.2, 0.25) is 0 Å². The van der Waals surface area contributed by atoms with Gasteiger partial charge in [0.1, 0.15) is 11.3 Å². The Kier molecular flexibility index (Phi) is 3.59. The predicted octanol–water partition coefficient (Wildman–Crippen LogP) is 2.79. The van der Waals surface area contributed by atoms with Crippen LogP contribution in [0.4, 0.5) is 5.69 Å². The number of amides is 2. The average molecular weight is 374 g/mol. The SMILES string of the molecule is Cc1ccc2nc(C(=O)N3CCC4(CC3)C(=O)N(C)c3ccccc34)cn2c1. The first-order chi connectivity index (χ1) is 13.5. The Hall–Kier alpha value is -3.15. The maximum atomic E-state index is 13.0. The number of anilines is 1. The summed E-state index contributed by atoms with van der Waals surface area (Å²) in [7, 11) is 1.84. The summed E-state index contributed by atoms with van der Waals surface area (Å²) in [6.45, 7) is 3.12. The lowest BCUT2D eigenvalue weighted by Crippen LogP contribution is -2.49. The van der Waals surface area contributed by atoms with E-state index in [0.717, 1.165) is 22.5 Å². The minimum absolute atomic E-state index is 0.0664. The summed E-state index contributed by atoms with van der Waals surface area (Å²) in [6.07, 6.45) is 5.05. The van der Waals surface area contributed by atoms with Crippen molar-refractivity contribution in [1.82, 2.24) is 14.3 Å². The number of piperidine rings is 1. The molecule has 0 radical (unpaired) electrons. The fourth-order valence-corrected chi connectivity index (χ4v) is 4.66. The molecule has 1 spiro atoms. The second-order valence-corrected chi connectivity index (χ2v) is 7.85. The minimum atomic E-state index is -0.502. The molecule has 0 atom stereocenters. The quantitative estimate of drug-likeness (QED) is 0.658. The molecule has 1 fully saturated rings. The molecule has 3 aromatic rings. The molecule has 5 rings (SSSR count). The molecule has 2 aromatic heterocycles. The standard InChI is InChI=1S/C22H22N4O2/c1-15-7-8-19-23-17(14-26(19)13-15)20(27)25-11-9-22(10-12-25)16-5-3-4-6-18(16)24(2)21(22)28/h3-8,13-14H,9-12H2,1-2H3. The van der Waals surface area contributed by atoms with Crippen LogP contribution < -0.4 is 4.90 Å². The summed E-state index contributed by atoms with van der Waals surface area (Å²) in [5.41, 5.74) is 3.92. The first kappa shape index (κ1) is 17.0. The predicted molar refractivity (Wildman–Crippen MR) is 107 cm³/mol. The van der Waals surface area contributed by atoms with Gasteiger partial charge in [0.2, 0.25) is 5.91 Å². The molecule has 0 saturated carbocycles. The zero-order chi connectivity index (χ0) is 19.5. The van der Waals surface area contributed by atoms with Gasteiger partial charge in [0.25, 0.3) is 5.91 Å². The van der Waals surface area contributed by atoms with Gasteiger partial charge in [-0.1, -0.05) is 24.3 Å². The number of nitrogens with zero attached hydrogens (tertiary/aromatic N) is 4. The van der Waals surface area contributed by atoms with Crippen LogP contribution in [0, 0.1) is 6.92 Å². The van der Waals surface area contributed by atoms with Gasteiger partial charge in [-0.3, -0.25) is 9.59 Å². The number of likely N-dealkylation sites (tertiary alicyclic amines) is 1. The van der Waals surface area contributed by atoms with Crippen molar-refractivity contribution in [3.05, 3.63) is 65.6 Å². The molecule has 1 aromatic carbocycles. The van der Waals surface area contributed by atoms with Crippen LogP contribution in [0.3, 0.4) is 0 Å². The molecule has 2 amide bonds. The molecule has 6 nitrogen and oxygen atoms in total. The van der Waals surface area contributed by atoms with E-state index in [2.05, 4.69) is 11.1 Å². The number of para-hydroxylation sites is 1. The number of aromatic nitrogens is 2. The molecule has 1 saturated heterocycles. The zero-order valence-corrected chi connectivity index (χ0v) is 16.1. The highest BCUT2D eigenvalue weighted by Gasteiger charge is 2.51. The Morgan fingerprint density at radius 1 is 1.07 bits per heavy atom. The Balaban J connectivity index is 1.40. The van der Waals surface area contributed by atoms with Crippen molar-refractivity contribution in [2.45, 2.75) is 25.2 Å². The number of hydrogen-bond donors (Lipinski definition) is 0. The Morgan fingerprint density at radius 2 is 1.82 bits per heavy atom. The van der Waals surface area contributed by atoms with Crippen molar-refractivity contribution in [2.75, 3.05) is 25.0 Å². The fourth-order valence-electron chi connectivity index (χ4n) is 4.66. The van der Waals surface area contributed by atoms with Crippen molar-refractivity contribution in [1.29, 1.82) is 0 Å². The average Bonchev–Trinajstić information content (AvgIpc) is 3.22. The van der Waals surface area contributed by atoms with E-state index in [1.54, 1.807) is 11.1 Å². The summed E-state index contributed by atoms with van der Waals surface area (Å²) in [6, 6.07) is 11.9. The van der Waals surface area contributed by atoms with Gasteiger partial charge in [-0.25, -0.2) is 4.98 Å². The van der Waals surface area contributed by atoms with Crippen LogP contribution in [-0.4, -0.2) is 46.2 Å². The van der Waals surface area contributed by atoms with Gasteiger partial charge in [-0.15, -0.1) is 0 Å². The van der Waals surface area contributed by atoms with Crippen molar-refractivity contribution < 1.29 is 9.59 Å². The lowest BCUT2D eigenvalue weighted by Gasteiger charge is -2.38. The van der Waals surface area contributed by atoms with Gasteiger partial charge in [-0.05, 0) is 43.0 Å². The van der Waals surface area contributed by atoms with Crippen LogP contribution in [-0.2, 0) is 10.2 Å². The Morgan fingerprint density at radius 3 is 2.61 bits per heavy atom. The molecule has 2 aliphatic rings. The highest BCUT2D eigenvalue weighted by molar-refractivity contribution is 6.08. The molecule has 28 heavy (non-hydrogen) atoms. The molecule has 6 heteroatoms. The smallest absolute Gasteiger partial charge is 0.274 e. The first-order valence-corrected chi connectivity index (χ1v) is 9.62. The molecular formula is C22H22N4O2. The highest BCUT2D eigenvalue weighted by Crippen LogP contribution is 2.47. The number of rotatable bonds is 1. The summed E-state index contributed by atoms with van der Waals surface area (Å²) in [5.74, 6) is 0.0762. The molecule has 0 bridgehead atoms. The second kappa shape index (κ2) is 5.92. The molecule has 0 aliphatic carbocycles. The van der Waals surface area contributed by atoms with Gasteiger partial charge in [0, 0.05) is 38.2 Å². The second-order valence-electron chi connectivity index (χ2n) is 7.85. The highest BCUT2D eigenvalue weighted by atomic mass is 16.2. The maximum absolute atomic E-state index is 13.0. The number of pyridine rings is 1. The maximum Gasteiger partial charge on any atom is 0.274 e. The summed E-state index contributed by atoms with van der Waals surface area (Å²) in [5, 5.41) is 0. The minimum Gasteiger partial charge on any atom is -0.337 e. The molecular weight excluding hydrogens is 352 g/mol. The molecule has 142 valence electrons. The molecule has 4 heterocycles. The van der Waals surface area contributed by atoms with E-state index in [1.165, 1.54) is 0 Å². The van der Waals surface area contributed by atoms with Gasteiger partial charge < -0.3 is 14.2 Å². The number of hydrogen-bond acceptors (Lipinski definition) is 3. The topological polar surface area (TPSA) is 57.9 Å². The van der Waals surface area contributed by atoms with Crippen molar-refractivity contribution in [3.63, 3.8) is 0 Å². The van der Waals surface area contributed by atoms with Gasteiger partial charge in [-0.2, -0.15) is 0 Å². The molecule has 0 unspecified atom stereocenters. The Labute approximate surface area is 163 Å². The Bertz CT molecular complexity index is 1110. The number of fused-ring (bicyclic) bond motifs is 3. The van der Waals surface area contributed by atoms with Crippen LogP contribution in [0.15, 0.2) is 48.8 Å². The lowest BCUT2D eigenvalue weighted by atomic mass is 9.73. The van der Waals surface area contributed by atoms with Crippen molar-refractivity contribution in [2.24, 2.45) is 0 Å². The van der Waals surface area contributed by atoms with Crippen molar-refractivity contribution >= 4 is 23.1 Å². The van der Waals surface area contributed by atoms with Gasteiger partial charge >= 0.3 is 0 Å². The van der Waals surface area contributed by atoms with Crippen LogP contribution in [0.1, 0.15) is 34.5 Å². The van der Waals surface area contributed by atoms with E-state index in [1.807, 2.05) is 59.8 Å². The number of benzene rings is 1.